The van der Waals surface area contributed by atoms with Gasteiger partial charge in [-0.05, 0) is 12.1 Å². The predicted molar refractivity (Wildman–Crippen MR) is 43.8 cm³/mol. The number of hydrogen-bond donors (Lipinski definition) is 1. The van der Waals surface area contributed by atoms with E-state index in [1.54, 1.807) is 6.07 Å². The summed E-state index contributed by atoms with van der Waals surface area (Å²) in [4.78, 5) is 0. The fourth-order valence-corrected chi connectivity index (χ4v) is 1.48. The van der Waals surface area contributed by atoms with Crippen LogP contribution in [0.3, 0.4) is 0 Å². The van der Waals surface area contributed by atoms with Gasteiger partial charge < -0.3 is 10.5 Å². The van der Waals surface area contributed by atoms with Crippen LogP contribution in [0.15, 0.2) is 12.1 Å². The van der Waals surface area contributed by atoms with Crippen LogP contribution in [0.5, 0.6) is 5.75 Å². The Bertz CT molecular complexity index is 329. The van der Waals surface area contributed by atoms with Crippen molar-refractivity contribution in [2.75, 3.05) is 6.61 Å². The Morgan fingerprint density at radius 2 is 2.33 bits per heavy atom. The summed E-state index contributed by atoms with van der Waals surface area (Å²) < 4.78 is 18.1. The minimum atomic E-state index is -0.439. The van der Waals surface area contributed by atoms with Gasteiger partial charge >= 0.3 is 0 Å². The Morgan fingerprint density at radius 1 is 1.58 bits per heavy atom. The number of halogens is 2. The molecule has 12 heavy (non-hydrogen) atoms. The van der Waals surface area contributed by atoms with Gasteiger partial charge in [-0.1, -0.05) is 11.6 Å². The molecule has 0 radical (unpaired) electrons. The molecule has 64 valence electrons. The highest BCUT2D eigenvalue weighted by Crippen LogP contribution is 2.35. The summed E-state index contributed by atoms with van der Waals surface area (Å²) in [7, 11) is 0. The normalized spacial score (nSPS) is 20.4. The van der Waals surface area contributed by atoms with Crippen molar-refractivity contribution >= 4 is 11.6 Å². The average Bonchev–Trinajstić information content (AvgIpc) is 2.33. The van der Waals surface area contributed by atoms with Crippen molar-refractivity contribution in [3.05, 3.63) is 28.5 Å². The maximum atomic E-state index is 13.1. The molecule has 0 bridgehead atoms. The smallest absolute Gasteiger partial charge is 0.166 e. The zero-order valence-electron chi connectivity index (χ0n) is 6.18. The standard InChI is InChI=1S/C8H7ClFNO/c9-4-1-5-7(11)3-12-8(5)6(10)2-4/h1-2,7H,3,11H2/t7-/m0/s1. The maximum Gasteiger partial charge on any atom is 0.166 e. The van der Waals surface area contributed by atoms with E-state index in [0.717, 1.165) is 0 Å². The molecular weight excluding hydrogens is 181 g/mol. The Hall–Kier alpha value is -0.800. The van der Waals surface area contributed by atoms with Gasteiger partial charge in [-0.3, -0.25) is 0 Å². The molecule has 1 aliphatic heterocycles. The van der Waals surface area contributed by atoms with Crippen LogP contribution in [0.25, 0.3) is 0 Å². The van der Waals surface area contributed by atoms with Crippen molar-refractivity contribution in [1.29, 1.82) is 0 Å². The Balaban J connectivity index is 2.60. The number of rotatable bonds is 0. The van der Waals surface area contributed by atoms with E-state index in [-0.39, 0.29) is 11.8 Å². The SMILES string of the molecule is N[C@H]1COc2c(F)cc(Cl)cc21. The number of nitrogens with two attached hydrogens (primary N) is 1. The lowest BCUT2D eigenvalue weighted by Gasteiger charge is -2.01. The van der Waals surface area contributed by atoms with E-state index in [2.05, 4.69) is 0 Å². The van der Waals surface area contributed by atoms with Gasteiger partial charge in [0.2, 0.25) is 0 Å². The van der Waals surface area contributed by atoms with Crippen LogP contribution in [0.1, 0.15) is 11.6 Å². The van der Waals surface area contributed by atoms with Gasteiger partial charge in [0.1, 0.15) is 6.61 Å². The number of ether oxygens (including phenoxy) is 1. The van der Waals surface area contributed by atoms with Crippen molar-refractivity contribution < 1.29 is 9.13 Å². The maximum absolute atomic E-state index is 13.1. The van der Waals surface area contributed by atoms with Gasteiger partial charge in [0.25, 0.3) is 0 Å². The van der Waals surface area contributed by atoms with Crippen molar-refractivity contribution in [2.45, 2.75) is 6.04 Å². The van der Waals surface area contributed by atoms with Crippen LogP contribution >= 0.6 is 11.6 Å². The number of benzene rings is 1. The molecular formula is C8H7ClFNO. The third-order valence-electron chi connectivity index (χ3n) is 1.84. The molecule has 0 amide bonds. The summed E-state index contributed by atoms with van der Waals surface area (Å²) in [5, 5.41) is 0.354. The number of hydrogen-bond acceptors (Lipinski definition) is 2. The van der Waals surface area contributed by atoms with E-state index in [9.17, 15) is 4.39 Å². The molecule has 0 spiro atoms. The fraction of sp³-hybridized carbons (Fsp3) is 0.250. The Morgan fingerprint density at radius 3 is 3.08 bits per heavy atom. The molecule has 0 fully saturated rings. The molecule has 4 heteroatoms. The van der Waals surface area contributed by atoms with E-state index >= 15 is 0 Å². The summed E-state index contributed by atoms with van der Waals surface area (Å²) >= 11 is 5.64. The summed E-state index contributed by atoms with van der Waals surface area (Å²) in [6.45, 7) is 0.326. The van der Waals surface area contributed by atoms with Gasteiger partial charge in [0.15, 0.2) is 11.6 Å². The molecule has 1 aliphatic rings. The first kappa shape index (κ1) is 7.83. The topological polar surface area (TPSA) is 35.2 Å². The van der Waals surface area contributed by atoms with Crippen LogP contribution in [0.4, 0.5) is 4.39 Å². The van der Waals surface area contributed by atoms with E-state index in [1.165, 1.54) is 6.07 Å². The summed E-state index contributed by atoms with van der Waals surface area (Å²) in [6.07, 6.45) is 0. The van der Waals surface area contributed by atoms with E-state index in [4.69, 9.17) is 22.1 Å². The quantitative estimate of drug-likeness (QED) is 0.673. The first-order valence-electron chi connectivity index (χ1n) is 3.56. The lowest BCUT2D eigenvalue weighted by atomic mass is 10.1. The molecule has 1 aromatic carbocycles. The molecule has 2 rings (SSSR count). The second-order valence-electron chi connectivity index (χ2n) is 2.72. The van der Waals surface area contributed by atoms with Crippen molar-refractivity contribution in [3.8, 4) is 5.75 Å². The predicted octanol–water partition coefficient (Wildman–Crippen LogP) is 1.87. The molecule has 0 aliphatic carbocycles. The molecule has 0 saturated carbocycles. The first-order chi connectivity index (χ1) is 5.68. The summed E-state index contributed by atoms with van der Waals surface area (Å²) in [5.74, 6) is -0.197. The summed E-state index contributed by atoms with van der Waals surface area (Å²) in [5.41, 5.74) is 6.29. The molecule has 1 aromatic rings. The summed E-state index contributed by atoms with van der Waals surface area (Å²) in [6, 6.07) is 2.60. The monoisotopic (exact) mass is 187 g/mol. The van der Waals surface area contributed by atoms with Gasteiger partial charge in [-0.25, -0.2) is 4.39 Å². The molecule has 1 atom stereocenters. The van der Waals surface area contributed by atoms with Crippen LogP contribution < -0.4 is 10.5 Å². The molecule has 0 unspecified atom stereocenters. The second-order valence-corrected chi connectivity index (χ2v) is 3.16. The lowest BCUT2D eigenvalue weighted by molar-refractivity contribution is 0.319. The highest BCUT2D eigenvalue weighted by molar-refractivity contribution is 6.30. The average molecular weight is 188 g/mol. The molecule has 0 saturated heterocycles. The van der Waals surface area contributed by atoms with Crippen molar-refractivity contribution in [1.82, 2.24) is 0 Å². The first-order valence-corrected chi connectivity index (χ1v) is 3.93. The minimum Gasteiger partial charge on any atom is -0.488 e. The van der Waals surface area contributed by atoms with Crippen LogP contribution in [-0.2, 0) is 0 Å². The third-order valence-corrected chi connectivity index (χ3v) is 2.06. The van der Waals surface area contributed by atoms with Crippen molar-refractivity contribution in [2.24, 2.45) is 5.73 Å². The molecule has 1 heterocycles. The fourth-order valence-electron chi connectivity index (χ4n) is 1.27. The van der Waals surface area contributed by atoms with Crippen molar-refractivity contribution in [3.63, 3.8) is 0 Å². The molecule has 2 N–H and O–H groups in total. The number of fused-ring (bicyclic) bond motifs is 1. The van der Waals surface area contributed by atoms with Crippen LogP contribution in [0.2, 0.25) is 5.02 Å². The van der Waals surface area contributed by atoms with Gasteiger partial charge in [0, 0.05) is 10.6 Å². The molecule has 0 aromatic heterocycles. The Kier molecular flexibility index (Phi) is 1.70. The van der Waals surface area contributed by atoms with Crippen LogP contribution in [0, 0.1) is 5.82 Å². The van der Waals surface area contributed by atoms with Crippen LogP contribution in [-0.4, -0.2) is 6.61 Å². The highest BCUT2D eigenvalue weighted by Gasteiger charge is 2.24. The lowest BCUT2D eigenvalue weighted by Crippen LogP contribution is -2.10. The second kappa shape index (κ2) is 2.61. The minimum absolute atomic E-state index is 0.243. The molecule has 2 nitrogen and oxygen atoms in total. The Labute approximate surface area is 74.1 Å². The third kappa shape index (κ3) is 1.06. The van der Waals surface area contributed by atoms with E-state index in [1.807, 2.05) is 0 Å². The van der Waals surface area contributed by atoms with Gasteiger partial charge in [-0.15, -0.1) is 0 Å². The highest BCUT2D eigenvalue weighted by atomic mass is 35.5. The zero-order chi connectivity index (χ0) is 8.72. The van der Waals surface area contributed by atoms with E-state index < -0.39 is 5.82 Å². The van der Waals surface area contributed by atoms with Gasteiger partial charge in [-0.2, -0.15) is 0 Å². The van der Waals surface area contributed by atoms with Gasteiger partial charge in [0.05, 0.1) is 6.04 Å². The largest absolute Gasteiger partial charge is 0.488 e. The zero-order valence-corrected chi connectivity index (χ0v) is 6.94. The van der Waals surface area contributed by atoms with E-state index in [0.29, 0.717) is 17.2 Å².